The summed E-state index contributed by atoms with van der Waals surface area (Å²) in [6, 6.07) is 0. The number of carboxylic acids is 2. The average molecular weight is 346 g/mol. The van der Waals surface area contributed by atoms with E-state index in [2.05, 4.69) is 27.0 Å². The molecule has 0 aromatic heterocycles. The third kappa shape index (κ3) is 18.4. The Kier molecular flexibility index (Phi) is 16.9. The second-order valence-corrected chi connectivity index (χ2v) is 6.46. The molecule has 2 atom stereocenters. The van der Waals surface area contributed by atoms with Gasteiger partial charge in [0.25, 0.3) is 0 Å². The number of hydrogen-bond donors (Lipinski definition) is 4. The molecule has 0 rings (SSSR count). The lowest BCUT2D eigenvalue weighted by Crippen LogP contribution is -2.29. The molecule has 24 heavy (non-hydrogen) atoms. The van der Waals surface area contributed by atoms with Gasteiger partial charge in [-0.1, -0.05) is 40.9 Å². The summed E-state index contributed by atoms with van der Waals surface area (Å²) >= 11 is 0. The molecular formula is C18H34O6. The van der Waals surface area contributed by atoms with Crippen molar-refractivity contribution in [2.45, 2.75) is 54.1 Å². The molecule has 0 aromatic carbocycles. The maximum absolute atomic E-state index is 9.69. The summed E-state index contributed by atoms with van der Waals surface area (Å²) in [6.07, 6.45) is 0.429. The van der Waals surface area contributed by atoms with Crippen molar-refractivity contribution in [3.05, 3.63) is 24.3 Å². The normalized spacial score (nSPS) is 12.2. The monoisotopic (exact) mass is 346 g/mol. The van der Waals surface area contributed by atoms with Crippen molar-refractivity contribution < 1.29 is 30.0 Å². The fourth-order valence-electron chi connectivity index (χ4n) is 1.43. The summed E-state index contributed by atoms with van der Waals surface area (Å²) in [5.41, 5.74) is 0.352. The van der Waals surface area contributed by atoms with E-state index in [0.29, 0.717) is 11.8 Å². The number of aliphatic hydroxyl groups excluding tert-OH is 2. The first-order valence-electron chi connectivity index (χ1n) is 7.84. The van der Waals surface area contributed by atoms with Crippen LogP contribution >= 0.6 is 0 Å². The van der Waals surface area contributed by atoms with E-state index >= 15 is 0 Å². The minimum atomic E-state index is -0.935. The van der Waals surface area contributed by atoms with Crippen LogP contribution in [0.4, 0.5) is 0 Å². The first-order chi connectivity index (χ1) is 10.8. The maximum atomic E-state index is 9.69. The Morgan fingerprint density at radius 1 is 0.917 bits per heavy atom. The van der Waals surface area contributed by atoms with E-state index in [4.69, 9.17) is 15.3 Å². The number of aliphatic carboxylic acids is 2. The smallest absolute Gasteiger partial charge is 0.330 e. The van der Waals surface area contributed by atoms with Crippen LogP contribution in [0.5, 0.6) is 0 Å². The highest BCUT2D eigenvalue weighted by Crippen LogP contribution is 2.19. The molecular weight excluding hydrogens is 312 g/mol. The molecule has 0 spiro atoms. The lowest BCUT2D eigenvalue weighted by Gasteiger charge is -2.25. The zero-order valence-corrected chi connectivity index (χ0v) is 15.7. The Hall–Kier alpha value is -1.66. The van der Waals surface area contributed by atoms with Gasteiger partial charge >= 0.3 is 11.9 Å². The molecule has 0 aromatic rings. The third-order valence-electron chi connectivity index (χ3n) is 3.00. The van der Waals surface area contributed by atoms with E-state index in [-0.39, 0.29) is 29.8 Å². The van der Waals surface area contributed by atoms with Gasteiger partial charge in [-0.2, -0.15) is 0 Å². The summed E-state index contributed by atoms with van der Waals surface area (Å²) in [5, 5.41) is 34.5. The van der Waals surface area contributed by atoms with Crippen molar-refractivity contribution >= 4 is 11.9 Å². The Morgan fingerprint density at radius 3 is 1.33 bits per heavy atom. The average Bonchev–Trinajstić information content (AvgIpc) is 2.39. The SMILES string of the molecule is C=C(C)C(=O)O.C=C(C)C(=O)O.CC(C)CC(O)C(CO)C(C)C. The van der Waals surface area contributed by atoms with Gasteiger partial charge in [0.2, 0.25) is 0 Å². The third-order valence-corrected chi connectivity index (χ3v) is 3.00. The quantitative estimate of drug-likeness (QED) is 0.527. The number of carbonyl (C=O) groups is 2. The second-order valence-electron chi connectivity index (χ2n) is 6.46. The fraction of sp³-hybridized carbons (Fsp3) is 0.667. The first-order valence-corrected chi connectivity index (χ1v) is 7.84. The molecule has 0 bridgehead atoms. The number of hydrogen-bond acceptors (Lipinski definition) is 4. The highest BCUT2D eigenvalue weighted by atomic mass is 16.4. The van der Waals surface area contributed by atoms with Crippen molar-refractivity contribution in [3.63, 3.8) is 0 Å². The standard InChI is InChI=1S/C10H22O2.2C4H6O2/c1-7(2)5-10(12)9(6-11)8(3)4;2*1-3(2)4(5)6/h7-12H,5-6H2,1-4H3;2*1H2,2H3,(H,5,6). The van der Waals surface area contributed by atoms with Crippen LogP contribution < -0.4 is 0 Å². The molecule has 0 fully saturated rings. The van der Waals surface area contributed by atoms with Gasteiger partial charge in [0.15, 0.2) is 0 Å². The lowest BCUT2D eigenvalue weighted by atomic mass is 9.87. The van der Waals surface area contributed by atoms with Gasteiger partial charge in [-0.15, -0.1) is 0 Å². The van der Waals surface area contributed by atoms with Gasteiger partial charge in [0, 0.05) is 23.7 Å². The molecule has 4 N–H and O–H groups in total. The van der Waals surface area contributed by atoms with Crippen LogP contribution in [0.2, 0.25) is 0 Å². The number of carboxylic acid groups (broad SMARTS) is 2. The van der Waals surface area contributed by atoms with Crippen molar-refractivity contribution in [3.8, 4) is 0 Å². The molecule has 0 saturated heterocycles. The van der Waals surface area contributed by atoms with Gasteiger partial charge in [0.1, 0.15) is 0 Å². The van der Waals surface area contributed by atoms with Gasteiger partial charge in [-0.3, -0.25) is 0 Å². The summed E-state index contributed by atoms with van der Waals surface area (Å²) in [7, 11) is 0. The molecule has 6 nitrogen and oxygen atoms in total. The predicted octanol–water partition coefficient (Wildman–Crippen LogP) is 2.95. The van der Waals surface area contributed by atoms with Crippen LogP contribution in [0.25, 0.3) is 0 Å². The van der Waals surface area contributed by atoms with Crippen LogP contribution in [0, 0.1) is 17.8 Å². The van der Waals surface area contributed by atoms with Gasteiger partial charge in [-0.25, -0.2) is 9.59 Å². The van der Waals surface area contributed by atoms with Gasteiger partial charge in [-0.05, 0) is 32.1 Å². The van der Waals surface area contributed by atoms with Crippen molar-refractivity contribution in [2.24, 2.45) is 17.8 Å². The molecule has 0 aliphatic carbocycles. The van der Waals surface area contributed by atoms with Crippen molar-refractivity contribution in [2.75, 3.05) is 6.61 Å². The zero-order chi connectivity index (χ0) is 20.0. The van der Waals surface area contributed by atoms with E-state index in [1.165, 1.54) is 13.8 Å². The van der Waals surface area contributed by atoms with Crippen LogP contribution in [-0.2, 0) is 9.59 Å². The van der Waals surface area contributed by atoms with Crippen LogP contribution in [0.15, 0.2) is 24.3 Å². The minimum absolute atomic E-state index is 0.0346. The van der Waals surface area contributed by atoms with Gasteiger partial charge < -0.3 is 20.4 Å². The molecule has 0 aliphatic rings. The Balaban J connectivity index is -0.000000309. The molecule has 0 aliphatic heterocycles. The molecule has 142 valence electrons. The van der Waals surface area contributed by atoms with E-state index in [1.54, 1.807) is 0 Å². The molecule has 6 heteroatoms. The predicted molar refractivity (Wildman–Crippen MR) is 95.8 cm³/mol. The molecule has 2 unspecified atom stereocenters. The topological polar surface area (TPSA) is 115 Å². The Morgan fingerprint density at radius 2 is 1.21 bits per heavy atom. The maximum Gasteiger partial charge on any atom is 0.330 e. The van der Waals surface area contributed by atoms with Crippen LogP contribution in [0.1, 0.15) is 48.0 Å². The summed E-state index contributed by atoms with van der Waals surface area (Å²) in [5.74, 6) is -0.992. The van der Waals surface area contributed by atoms with E-state index < -0.39 is 11.9 Å². The Labute approximate surface area is 145 Å². The zero-order valence-electron chi connectivity index (χ0n) is 15.7. The molecule has 0 heterocycles. The molecule has 0 radical (unpaired) electrons. The summed E-state index contributed by atoms with van der Waals surface area (Å²) in [6.45, 7) is 17.5. The van der Waals surface area contributed by atoms with E-state index in [1.807, 2.05) is 13.8 Å². The molecule has 0 amide bonds. The number of aliphatic hydroxyl groups is 2. The number of rotatable bonds is 7. The van der Waals surface area contributed by atoms with E-state index in [0.717, 1.165) is 6.42 Å². The van der Waals surface area contributed by atoms with E-state index in [9.17, 15) is 14.7 Å². The first kappa shape index (κ1) is 27.2. The Bertz CT molecular complexity index is 350. The highest BCUT2D eigenvalue weighted by molar-refractivity contribution is 5.85. The van der Waals surface area contributed by atoms with Crippen molar-refractivity contribution in [1.29, 1.82) is 0 Å². The van der Waals surface area contributed by atoms with Gasteiger partial charge in [0.05, 0.1) is 6.10 Å². The van der Waals surface area contributed by atoms with Crippen LogP contribution in [-0.4, -0.2) is 45.1 Å². The lowest BCUT2D eigenvalue weighted by molar-refractivity contribution is -0.133. The largest absolute Gasteiger partial charge is 0.478 e. The van der Waals surface area contributed by atoms with Crippen molar-refractivity contribution in [1.82, 2.24) is 0 Å². The second kappa shape index (κ2) is 14.9. The molecule has 0 saturated carbocycles. The highest BCUT2D eigenvalue weighted by Gasteiger charge is 2.22. The summed E-state index contributed by atoms with van der Waals surface area (Å²) < 4.78 is 0. The fourth-order valence-corrected chi connectivity index (χ4v) is 1.43. The minimum Gasteiger partial charge on any atom is -0.478 e. The van der Waals surface area contributed by atoms with Crippen LogP contribution in [0.3, 0.4) is 0 Å². The summed E-state index contributed by atoms with van der Waals surface area (Å²) in [4.78, 5) is 19.2.